The van der Waals surface area contributed by atoms with Crippen LogP contribution in [-0.4, -0.2) is 6.54 Å². The SMILES string of the molecule is CCNC(c1ccc(CC)cc1)c1cccc(C)c1Br. The zero-order valence-electron chi connectivity index (χ0n) is 12.4. The van der Waals surface area contributed by atoms with Crippen molar-refractivity contribution in [1.82, 2.24) is 5.32 Å². The van der Waals surface area contributed by atoms with Crippen molar-refractivity contribution in [2.24, 2.45) is 0 Å². The van der Waals surface area contributed by atoms with Crippen LogP contribution in [0.25, 0.3) is 0 Å². The highest BCUT2D eigenvalue weighted by atomic mass is 79.9. The highest BCUT2D eigenvalue weighted by Gasteiger charge is 2.16. The van der Waals surface area contributed by atoms with Crippen LogP contribution in [-0.2, 0) is 6.42 Å². The molecular formula is C18H22BrN. The molecule has 0 radical (unpaired) electrons. The fraction of sp³-hybridized carbons (Fsp3) is 0.333. The highest BCUT2D eigenvalue weighted by molar-refractivity contribution is 9.10. The Labute approximate surface area is 130 Å². The van der Waals surface area contributed by atoms with Crippen LogP contribution in [0.1, 0.15) is 42.1 Å². The number of nitrogens with one attached hydrogen (secondary N) is 1. The van der Waals surface area contributed by atoms with Crippen molar-refractivity contribution in [2.75, 3.05) is 6.54 Å². The van der Waals surface area contributed by atoms with Gasteiger partial charge in [0, 0.05) is 4.47 Å². The van der Waals surface area contributed by atoms with Crippen LogP contribution in [0.15, 0.2) is 46.9 Å². The van der Waals surface area contributed by atoms with Gasteiger partial charge in [-0.25, -0.2) is 0 Å². The van der Waals surface area contributed by atoms with Crippen molar-refractivity contribution in [3.8, 4) is 0 Å². The third kappa shape index (κ3) is 3.31. The lowest BCUT2D eigenvalue weighted by atomic mass is 9.96. The maximum absolute atomic E-state index is 3.74. The molecule has 1 N–H and O–H groups in total. The molecule has 0 aliphatic carbocycles. The van der Waals surface area contributed by atoms with E-state index in [4.69, 9.17) is 0 Å². The summed E-state index contributed by atoms with van der Waals surface area (Å²) >= 11 is 3.74. The van der Waals surface area contributed by atoms with Crippen molar-refractivity contribution in [1.29, 1.82) is 0 Å². The molecule has 1 unspecified atom stereocenters. The topological polar surface area (TPSA) is 12.0 Å². The van der Waals surface area contributed by atoms with Crippen molar-refractivity contribution in [2.45, 2.75) is 33.2 Å². The van der Waals surface area contributed by atoms with Crippen molar-refractivity contribution < 1.29 is 0 Å². The van der Waals surface area contributed by atoms with E-state index in [1.165, 1.54) is 26.7 Å². The Bertz CT molecular complexity index is 560. The van der Waals surface area contributed by atoms with Gasteiger partial charge in [-0.05, 0) is 42.1 Å². The van der Waals surface area contributed by atoms with Gasteiger partial charge in [0.15, 0.2) is 0 Å². The van der Waals surface area contributed by atoms with E-state index >= 15 is 0 Å². The molecule has 0 spiro atoms. The van der Waals surface area contributed by atoms with Gasteiger partial charge in [0.1, 0.15) is 0 Å². The summed E-state index contributed by atoms with van der Waals surface area (Å²) in [6.07, 6.45) is 1.08. The molecule has 0 bridgehead atoms. The van der Waals surface area contributed by atoms with E-state index in [2.05, 4.69) is 84.5 Å². The average molecular weight is 332 g/mol. The van der Waals surface area contributed by atoms with Gasteiger partial charge in [0.05, 0.1) is 6.04 Å². The first-order chi connectivity index (χ1) is 9.67. The fourth-order valence-corrected chi connectivity index (χ4v) is 2.94. The normalized spacial score (nSPS) is 12.4. The predicted molar refractivity (Wildman–Crippen MR) is 90.2 cm³/mol. The largest absolute Gasteiger partial charge is 0.306 e. The first-order valence-electron chi connectivity index (χ1n) is 7.24. The molecule has 2 aromatic rings. The van der Waals surface area contributed by atoms with Crippen molar-refractivity contribution in [3.63, 3.8) is 0 Å². The summed E-state index contributed by atoms with van der Waals surface area (Å²) in [6, 6.07) is 15.6. The first-order valence-corrected chi connectivity index (χ1v) is 8.03. The second-order valence-electron chi connectivity index (χ2n) is 5.06. The molecule has 106 valence electrons. The van der Waals surface area contributed by atoms with Gasteiger partial charge < -0.3 is 5.32 Å². The second-order valence-corrected chi connectivity index (χ2v) is 5.86. The van der Waals surface area contributed by atoms with E-state index in [1.54, 1.807) is 0 Å². The Morgan fingerprint density at radius 1 is 1.05 bits per heavy atom. The van der Waals surface area contributed by atoms with Gasteiger partial charge in [-0.2, -0.15) is 0 Å². The van der Waals surface area contributed by atoms with Crippen molar-refractivity contribution >= 4 is 15.9 Å². The minimum atomic E-state index is 0.236. The molecule has 0 aliphatic heterocycles. The number of benzene rings is 2. The Morgan fingerprint density at radius 3 is 2.35 bits per heavy atom. The number of halogens is 1. The third-order valence-corrected chi connectivity index (χ3v) is 4.75. The van der Waals surface area contributed by atoms with Gasteiger partial charge in [0.2, 0.25) is 0 Å². The van der Waals surface area contributed by atoms with E-state index in [1.807, 2.05) is 0 Å². The zero-order valence-corrected chi connectivity index (χ0v) is 14.0. The molecule has 2 rings (SSSR count). The number of rotatable bonds is 5. The molecular weight excluding hydrogens is 310 g/mol. The summed E-state index contributed by atoms with van der Waals surface area (Å²) in [6.45, 7) is 7.42. The van der Waals surface area contributed by atoms with Crippen LogP contribution in [0.3, 0.4) is 0 Å². The van der Waals surface area contributed by atoms with Crippen LogP contribution in [0, 0.1) is 6.92 Å². The zero-order chi connectivity index (χ0) is 14.5. The summed E-state index contributed by atoms with van der Waals surface area (Å²) in [7, 11) is 0. The molecule has 0 heterocycles. The van der Waals surface area contributed by atoms with Gasteiger partial charge in [-0.1, -0.05) is 72.2 Å². The van der Waals surface area contributed by atoms with E-state index in [0.29, 0.717) is 0 Å². The average Bonchev–Trinajstić information content (AvgIpc) is 2.48. The molecule has 2 aromatic carbocycles. The molecule has 1 atom stereocenters. The summed E-state index contributed by atoms with van der Waals surface area (Å²) in [4.78, 5) is 0. The molecule has 2 heteroatoms. The van der Waals surface area contributed by atoms with Crippen LogP contribution >= 0.6 is 15.9 Å². The van der Waals surface area contributed by atoms with Crippen LogP contribution in [0.2, 0.25) is 0 Å². The highest BCUT2D eigenvalue weighted by Crippen LogP contribution is 2.31. The monoisotopic (exact) mass is 331 g/mol. The fourth-order valence-electron chi connectivity index (χ4n) is 2.45. The maximum Gasteiger partial charge on any atom is 0.0587 e. The lowest BCUT2D eigenvalue weighted by Gasteiger charge is -2.21. The molecule has 0 aliphatic rings. The second kappa shape index (κ2) is 7.05. The summed E-state index contributed by atoms with van der Waals surface area (Å²) in [5, 5.41) is 3.59. The summed E-state index contributed by atoms with van der Waals surface area (Å²) in [5.74, 6) is 0. The van der Waals surface area contributed by atoms with Crippen LogP contribution in [0.5, 0.6) is 0 Å². The smallest absolute Gasteiger partial charge is 0.0587 e. The standard InChI is InChI=1S/C18H22BrN/c1-4-14-9-11-15(12-10-14)18(20-5-2)16-8-6-7-13(3)17(16)19/h6-12,18,20H,4-5H2,1-3H3. The Morgan fingerprint density at radius 2 is 1.75 bits per heavy atom. The minimum absolute atomic E-state index is 0.236. The molecule has 0 aromatic heterocycles. The van der Waals surface area contributed by atoms with E-state index in [-0.39, 0.29) is 6.04 Å². The summed E-state index contributed by atoms with van der Waals surface area (Å²) in [5.41, 5.74) is 5.27. The quantitative estimate of drug-likeness (QED) is 0.811. The molecule has 20 heavy (non-hydrogen) atoms. The third-order valence-electron chi connectivity index (χ3n) is 3.66. The molecule has 0 saturated carbocycles. The molecule has 0 fully saturated rings. The lowest BCUT2D eigenvalue weighted by molar-refractivity contribution is 0.628. The van der Waals surface area contributed by atoms with E-state index in [9.17, 15) is 0 Å². The van der Waals surface area contributed by atoms with Crippen LogP contribution in [0.4, 0.5) is 0 Å². The number of hydrogen-bond donors (Lipinski definition) is 1. The van der Waals surface area contributed by atoms with E-state index in [0.717, 1.165) is 13.0 Å². The molecule has 0 amide bonds. The number of aryl methyl sites for hydroxylation is 2. The van der Waals surface area contributed by atoms with Crippen molar-refractivity contribution in [3.05, 3.63) is 69.2 Å². The minimum Gasteiger partial charge on any atom is -0.306 e. The summed E-state index contributed by atoms with van der Waals surface area (Å²) < 4.78 is 1.20. The van der Waals surface area contributed by atoms with Gasteiger partial charge in [-0.15, -0.1) is 0 Å². The number of hydrogen-bond acceptors (Lipinski definition) is 1. The molecule has 0 saturated heterocycles. The maximum atomic E-state index is 3.74. The first kappa shape index (κ1) is 15.3. The predicted octanol–water partition coefficient (Wildman–Crippen LogP) is 5.02. The van der Waals surface area contributed by atoms with E-state index < -0.39 is 0 Å². The van der Waals surface area contributed by atoms with Gasteiger partial charge >= 0.3 is 0 Å². The van der Waals surface area contributed by atoms with Gasteiger partial charge in [0.25, 0.3) is 0 Å². The Kier molecular flexibility index (Phi) is 5.38. The Hall–Kier alpha value is -1.12. The van der Waals surface area contributed by atoms with Gasteiger partial charge in [-0.3, -0.25) is 0 Å². The van der Waals surface area contributed by atoms with Crippen LogP contribution < -0.4 is 5.32 Å². The molecule has 1 nitrogen and oxygen atoms in total. The Balaban J connectivity index is 2.41. The lowest BCUT2D eigenvalue weighted by Crippen LogP contribution is -2.22.